The van der Waals surface area contributed by atoms with Crippen molar-refractivity contribution in [3.05, 3.63) is 41.0 Å². The number of alkyl halides is 1. The van der Waals surface area contributed by atoms with Crippen molar-refractivity contribution in [2.75, 3.05) is 10.8 Å². The first-order chi connectivity index (χ1) is 9.52. The van der Waals surface area contributed by atoms with Crippen molar-refractivity contribution in [2.24, 2.45) is 0 Å². The van der Waals surface area contributed by atoms with Crippen LogP contribution in [0.4, 0.5) is 5.69 Å². The van der Waals surface area contributed by atoms with Crippen molar-refractivity contribution < 1.29 is 9.32 Å². The van der Waals surface area contributed by atoms with E-state index in [1.54, 1.807) is 11.8 Å². The predicted octanol–water partition coefficient (Wildman–Crippen LogP) is 2.77. The van der Waals surface area contributed by atoms with E-state index in [0.29, 0.717) is 11.7 Å². The maximum atomic E-state index is 12.1. The molecule has 0 aliphatic carbocycles. The van der Waals surface area contributed by atoms with E-state index in [2.05, 4.69) is 10.1 Å². The molecule has 0 bridgehead atoms. The van der Waals surface area contributed by atoms with Crippen LogP contribution in [0.3, 0.4) is 0 Å². The Bertz CT molecular complexity index is 604. The van der Waals surface area contributed by atoms with E-state index >= 15 is 0 Å². The van der Waals surface area contributed by atoms with Gasteiger partial charge in [0.15, 0.2) is 5.82 Å². The maximum absolute atomic E-state index is 12.1. The molecular formula is C14H16ClN3O2. The minimum atomic E-state index is -0.195. The molecule has 6 heteroatoms. The number of aryl methyl sites for hydroxylation is 3. The van der Waals surface area contributed by atoms with Gasteiger partial charge in [-0.1, -0.05) is 23.4 Å². The van der Waals surface area contributed by atoms with Gasteiger partial charge in [0.05, 0.1) is 5.69 Å². The lowest BCUT2D eigenvalue weighted by Gasteiger charge is -2.24. The summed E-state index contributed by atoms with van der Waals surface area (Å²) >= 11 is 5.71. The molecule has 2 rings (SSSR count). The molecule has 0 atom stereocenters. The lowest BCUT2D eigenvalue weighted by atomic mass is 10.1. The Labute approximate surface area is 122 Å². The van der Waals surface area contributed by atoms with Crippen molar-refractivity contribution in [2.45, 2.75) is 27.3 Å². The lowest BCUT2D eigenvalue weighted by Crippen LogP contribution is -2.32. The van der Waals surface area contributed by atoms with Crippen LogP contribution in [0.15, 0.2) is 22.7 Å². The van der Waals surface area contributed by atoms with Crippen molar-refractivity contribution >= 4 is 23.2 Å². The third-order valence-corrected chi connectivity index (χ3v) is 3.22. The fraction of sp³-hybridized carbons (Fsp3) is 0.357. The summed E-state index contributed by atoms with van der Waals surface area (Å²) in [5.41, 5.74) is 2.84. The zero-order valence-electron chi connectivity index (χ0n) is 11.7. The van der Waals surface area contributed by atoms with Gasteiger partial charge in [-0.15, -0.1) is 11.6 Å². The van der Waals surface area contributed by atoms with E-state index in [9.17, 15) is 4.79 Å². The summed E-state index contributed by atoms with van der Waals surface area (Å²) in [7, 11) is 0. The van der Waals surface area contributed by atoms with E-state index in [1.165, 1.54) is 0 Å². The molecule has 20 heavy (non-hydrogen) atoms. The molecule has 0 unspecified atom stereocenters. The standard InChI is InChI=1S/C14H16ClN3O2/c1-9-5-4-6-10(2)14(9)18(13(19)7-15)8-12-16-11(3)17-20-12/h4-6H,7-8H2,1-3H3. The molecule has 5 nitrogen and oxygen atoms in total. The quantitative estimate of drug-likeness (QED) is 0.813. The number of amides is 1. The molecule has 0 saturated carbocycles. The first-order valence-corrected chi connectivity index (χ1v) is 6.78. The fourth-order valence-electron chi connectivity index (χ4n) is 2.14. The van der Waals surface area contributed by atoms with Gasteiger partial charge in [-0.2, -0.15) is 4.98 Å². The fourth-order valence-corrected chi connectivity index (χ4v) is 2.28. The Morgan fingerprint density at radius 1 is 1.30 bits per heavy atom. The van der Waals surface area contributed by atoms with Gasteiger partial charge in [-0.3, -0.25) is 4.79 Å². The highest BCUT2D eigenvalue weighted by molar-refractivity contribution is 6.29. The zero-order chi connectivity index (χ0) is 14.7. The molecule has 0 aliphatic rings. The van der Waals surface area contributed by atoms with Gasteiger partial charge >= 0.3 is 0 Å². The third-order valence-electron chi connectivity index (χ3n) is 2.99. The Hall–Kier alpha value is -1.88. The van der Waals surface area contributed by atoms with Crippen LogP contribution in [-0.4, -0.2) is 21.9 Å². The van der Waals surface area contributed by atoms with Crippen molar-refractivity contribution in [1.82, 2.24) is 10.1 Å². The molecule has 1 aromatic heterocycles. The Morgan fingerprint density at radius 3 is 2.45 bits per heavy atom. The van der Waals surface area contributed by atoms with Crippen LogP contribution in [0, 0.1) is 20.8 Å². The largest absolute Gasteiger partial charge is 0.337 e. The molecule has 0 aliphatic heterocycles. The molecule has 0 spiro atoms. The summed E-state index contributed by atoms with van der Waals surface area (Å²) < 4.78 is 5.09. The number of carbonyl (C=O) groups excluding carboxylic acids is 1. The van der Waals surface area contributed by atoms with Gasteiger partial charge in [0.1, 0.15) is 12.4 Å². The second-order valence-electron chi connectivity index (χ2n) is 4.59. The average molecular weight is 294 g/mol. The third kappa shape index (κ3) is 2.99. The highest BCUT2D eigenvalue weighted by Crippen LogP contribution is 2.26. The van der Waals surface area contributed by atoms with Crippen LogP contribution >= 0.6 is 11.6 Å². The molecule has 0 radical (unpaired) electrons. The first kappa shape index (κ1) is 14.5. The normalized spacial score (nSPS) is 10.6. The highest BCUT2D eigenvalue weighted by atomic mass is 35.5. The minimum absolute atomic E-state index is 0.0963. The Morgan fingerprint density at radius 2 is 1.95 bits per heavy atom. The highest BCUT2D eigenvalue weighted by Gasteiger charge is 2.21. The van der Waals surface area contributed by atoms with Gasteiger partial charge in [-0.05, 0) is 31.9 Å². The van der Waals surface area contributed by atoms with E-state index in [-0.39, 0.29) is 18.3 Å². The van der Waals surface area contributed by atoms with E-state index in [4.69, 9.17) is 16.1 Å². The lowest BCUT2D eigenvalue weighted by molar-refractivity contribution is -0.116. The van der Waals surface area contributed by atoms with Gasteiger partial charge < -0.3 is 9.42 Å². The zero-order valence-corrected chi connectivity index (χ0v) is 12.4. The summed E-state index contributed by atoms with van der Waals surface area (Å²) in [6.07, 6.45) is 0. The van der Waals surface area contributed by atoms with Crippen LogP contribution in [0.1, 0.15) is 22.8 Å². The topological polar surface area (TPSA) is 59.2 Å². The molecule has 1 heterocycles. The molecular weight excluding hydrogens is 278 g/mol. The van der Waals surface area contributed by atoms with Crippen LogP contribution in [0.25, 0.3) is 0 Å². The molecule has 1 amide bonds. The molecule has 0 fully saturated rings. The van der Waals surface area contributed by atoms with Crippen LogP contribution in [0.5, 0.6) is 0 Å². The smallest absolute Gasteiger partial charge is 0.246 e. The molecule has 2 aromatic rings. The van der Waals surface area contributed by atoms with E-state index in [1.807, 2.05) is 32.0 Å². The SMILES string of the molecule is Cc1noc(CN(C(=O)CCl)c2c(C)cccc2C)n1. The van der Waals surface area contributed by atoms with E-state index < -0.39 is 0 Å². The number of rotatable bonds is 4. The van der Waals surface area contributed by atoms with Crippen LogP contribution in [-0.2, 0) is 11.3 Å². The van der Waals surface area contributed by atoms with Gasteiger partial charge in [0.2, 0.25) is 11.8 Å². The molecule has 0 N–H and O–H groups in total. The number of hydrogen-bond acceptors (Lipinski definition) is 4. The molecule has 106 valence electrons. The number of hydrogen-bond donors (Lipinski definition) is 0. The summed E-state index contributed by atoms with van der Waals surface area (Å²) in [5.74, 6) is 0.643. The average Bonchev–Trinajstić information content (AvgIpc) is 2.82. The first-order valence-electron chi connectivity index (χ1n) is 6.24. The van der Waals surface area contributed by atoms with Crippen molar-refractivity contribution in [3.8, 4) is 0 Å². The van der Waals surface area contributed by atoms with Crippen LogP contribution in [0.2, 0.25) is 0 Å². The molecule has 1 aromatic carbocycles. The monoisotopic (exact) mass is 293 g/mol. The second kappa shape index (κ2) is 6.05. The number of benzene rings is 1. The second-order valence-corrected chi connectivity index (χ2v) is 4.86. The number of anilines is 1. The predicted molar refractivity (Wildman–Crippen MR) is 76.9 cm³/mol. The Kier molecular flexibility index (Phi) is 4.39. The summed E-state index contributed by atoms with van der Waals surface area (Å²) in [4.78, 5) is 17.9. The number of nitrogens with zero attached hydrogens (tertiary/aromatic N) is 3. The summed E-state index contributed by atoms with van der Waals surface area (Å²) in [6.45, 7) is 5.86. The summed E-state index contributed by atoms with van der Waals surface area (Å²) in [6, 6.07) is 5.86. The summed E-state index contributed by atoms with van der Waals surface area (Å²) in [5, 5.41) is 3.74. The number of para-hydroxylation sites is 1. The minimum Gasteiger partial charge on any atom is -0.337 e. The molecule has 0 saturated heterocycles. The van der Waals surface area contributed by atoms with Crippen molar-refractivity contribution in [3.63, 3.8) is 0 Å². The van der Waals surface area contributed by atoms with E-state index in [0.717, 1.165) is 16.8 Å². The number of aromatic nitrogens is 2. The number of halogens is 1. The maximum Gasteiger partial charge on any atom is 0.246 e. The van der Waals surface area contributed by atoms with Crippen LogP contribution < -0.4 is 4.90 Å². The Balaban J connectivity index is 2.40. The van der Waals surface area contributed by atoms with Gasteiger partial charge in [0, 0.05) is 0 Å². The van der Waals surface area contributed by atoms with Gasteiger partial charge in [0.25, 0.3) is 0 Å². The van der Waals surface area contributed by atoms with Crippen molar-refractivity contribution in [1.29, 1.82) is 0 Å². The number of carbonyl (C=O) groups is 1. The van der Waals surface area contributed by atoms with Gasteiger partial charge in [-0.25, -0.2) is 0 Å².